The van der Waals surface area contributed by atoms with Gasteiger partial charge in [-0.15, -0.1) is 0 Å². The number of amides is 1. The van der Waals surface area contributed by atoms with Gasteiger partial charge >= 0.3 is 0 Å². The summed E-state index contributed by atoms with van der Waals surface area (Å²) in [6, 6.07) is 11.7. The van der Waals surface area contributed by atoms with E-state index in [4.69, 9.17) is 10.00 Å². The van der Waals surface area contributed by atoms with Crippen molar-refractivity contribution in [1.29, 1.82) is 5.26 Å². The summed E-state index contributed by atoms with van der Waals surface area (Å²) in [5, 5.41) is 12.1. The van der Waals surface area contributed by atoms with Crippen molar-refractivity contribution < 1.29 is 9.53 Å². The van der Waals surface area contributed by atoms with Gasteiger partial charge < -0.3 is 15.0 Å². The highest BCUT2D eigenvalue weighted by Crippen LogP contribution is 2.09. The van der Waals surface area contributed by atoms with Gasteiger partial charge in [0.2, 0.25) is 5.91 Å². The average Bonchev–Trinajstić information content (AvgIpc) is 2.54. The van der Waals surface area contributed by atoms with Gasteiger partial charge in [0.15, 0.2) is 0 Å². The molecule has 1 fully saturated rings. The Morgan fingerprint density at radius 3 is 2.71 bits per heavy atom. The zero-order valence-corrected chi connectivity index (χ0v) is 12.1. The Hall–Kier alpha value is -1.90. The third-order valence-corrected chi connectivity index (χ3v) is 3.56. The molecule has 5 heteroatoms. The highest BCUT2D eigenvalue weighted by atomic mass is 16.5. The van der Waals surface area contributed by atoms with Crippen LogP contribution in [0, 0.1) is 11.3 Å². The standard InChI is InChI=1S/C16H21N3O2/c17-8-11-19(12-14-4-2-1-3-5-14)16(20)13-21-15-6-9-18-10-7-15/h1-5,15,18H,6-7,9-13H2. The number of nitrogens with zero attached hydrogens (tertiary/aromatic N) is 2. The van der Waals surface area contributed by atoms with Gasteiger partial charge in [-0.3, -0.25) is 4.79 Å². The van der Waals surface area contributed by atoms with Crippen LogP contribution in [0.15, 0.2) is 30.3 Å². The van der Waals surface area contributed by atoms with Crippen LogP contribution >= 0.6 is 0 Å². The van der Waals surface area contributed by atoms with Crippen LogP contribution in [-0.2, 0) is 16.1 Å². The van der Waals surface area contributed by atoms with Crippen molar-refractivity contribution in [3.63, 3.8) is 0 Å². The second kappa shape index (κ2) is 8.40. The third kappa shape index (κ3) is 5.18. The van der Waals surface area contributed by atoms with Crippen LogP contribution in [0.1, 0.15) is 18.4 Å². The van der Waals surface area contributed by atoms with Crippen molar-refractivity contribution in [1.82, 2.24) is 10.2 Å². The molecule has 5 nitrogen and oxygen atoms in total. The number of carbonyl (C=O) groups is 1. The van der Waals surface area contributed by atoms with Crippen LogP contribution in [0.3, 0.4) is 0 Å². The van der Waals surface area contributed by atoms with Crippen molar-refractivity contribution in [2.24, 2.45) is 0 Å². The Morgan fingerprint density at radius 1 is 1.33 bits per heavy atom. The molecule has 1 aliphatic heterocycles. The largest absolute Gasteiger partial charge is 0.368 e. The third-order valence-electron chi connectivity index (χ3n) is 3.56. The van der Waals surface area contributed by atoms with Crippen molar-refractivity contribution in [2.45, 2.75) is 25.5 Å². The number of rotatable bonds is 6. The Labute approximate surface area is 125 Å². The molecule has 0 aliphatic carbocycles. The smallest absolute Gasteiger partial charge is 0.249 e. The van der Waals surface area contributed by atoms with Crippen molar-refractivity contribution in [3.05, 3.63) is 35.9 Å². The second-order valence-electron chi connectivity index (χ2n) is 5.15. The topological polar surface area (TPSA) is 65.4 Å². The van der Waals surface area contributed by atoms with Gasteiger partial charge in [-0.05, 0) is 31.5 Å². The summed E-state index contributed by atoms with van der Waals surface area (Å²) in [7, 11) is 0. The summed E-state index contributed by atoms with van der Waals surface area (Å²) in [5.74, 6) is -0.126. The molecule has 1 aromatic carbocycles. The molecule has 21 heavy (non-hydrogen) atoms. The maximum atomic E-state index is 12.2. The number of carbonyl (C=O) groups excluding carboxylic acids is 1. The van der Waals surface area contributed by atoms with E-state index >= 15 is 0 Å². The lowest BCUT2D eigenvalue weighted by molar-refractivity contribution is -0.138. The predicted molar refractivity (Wildman–Crippen MR) is 79.3 cm³/mol. The van der Waals surface area contributed by atoms with E-state index in [1.165, 1.54) is 4.90 Å². The van der Waals surface area contributed by atoms with Gasteiger partial charge in [0.05, 0.1) is 12.2 Å². The van der Waals surface area contributed by atoms with Gasteiger partial charge in [-0.25, -0.2) is 0 Å². The van der Waals surface area contributed by atoms with Crippen LogP contribution in [0.5, 0.6) is 0 Å². The van der Waals surface area contributed by atoms with Crippen LogP contribution in [0.25, 0.3) is 0 Å². The molecule has 1 amide bonds. The Balaban J connectivity index is 1.85. The van der Waals surface area contributed by atoms with Gasteiger partial charge in [0.25, 0.3) is 0 Å². The number of benzene rings is 1. The molecule has 112 valence electrons. The lowest BCUT2D eigenvalue weighted by Gasteiger charge is -2.25. The molecule has 0 saturated carbocycles. The maximum absolute atomic E-state index is 12.2. The molecule has 0 aromatic heterocycles. The number of nitriles is 1. The van der Waals surface area contributed by atoms with E-state index in [-0.39, 0.29) is 25.2 Å². The highest BCUT2D eigenvalue weighted by molar-refractivity contribution is 5.77. The number of hydrogen-bond donors (Lipinski definition) is 1. The van der Waals surface area contributed by atoms with Gasteiger partial charge in [-0.1, -0.05) is 30.3 Å². The molecule has 1 aromatic rings. The fourth-order valence-corrected chi connectivity index (χ4v) is 2.36. The van der Waals surface area contributed by atoms with Crippen LogP contribution in [0.2, 0.25) is 0 Å². The van der Waals surface area contributed by atoms with E-state index in [1.807, 2.05) is 36.4 Å². The second-order valence-corrected chi connectivity index (χ2v) is 5.15. The molecule has 1 saturated heterocycles. The summed E-state index contributed by atoms with van der Waals surface area (Å²) in [5.41, 5.74) is 1.02. The summed E-state index contributed by atoms with van der Waals surface area (Å²) < 4.78 is 5.67. The summed E-state index contributed by atoms with van der Waals surface area (Å²) in [6.07, 6.45) is 2.02. The summed E-state index contributed by atoms with van der Waals surface area (Å²) in [6.45, 7) is 2.46. The van der Waals surface area contributed by atoms with Crippen molar-refractivity contribution in [3.8, 4) is 6.07 Å². The monoisotopic (exact) mass is 287 g/mol. The molecule has 1 heterocycles. The van der Waals surface area contributed by atoms with Gasteiger partial charge in [0, 0.05) is 6.54 Å². The van der Waals surface area contributed by atoms with E-state index in [2.05, 4.69) is 5.32 Å². The lowest BCUT2D eigenvalue weighted by atomic mass is 10.1. The number of ether oxygens (including phenoxy) is 1. The Morgan fingerprint density at radius 2 is 2.05 bits per heavy atom. The molecule has 1 N–H and O–H groups in total. The summed E-state index contributed by atoms with van der Waals surface area (Å²) in [4.78, 5) is 13.8. The first kappa shape index (κ1) is 15.5. The maximum Gasteiger partial charge on any atom is 0.249 e. The number of piperidine rings is 1. The molecule has 0 radical (unpaired) electrons. The zero-order valence-electron chi connectivity index (χ0n) is 12.1. The molecule has 1 aliphatic rings. The first-order chi connectivity index (χ1) is 10.3. The van der Waals surface area contributed by atoms with E-state index < -0.39 is 0 Å². The van der Waals surface area contributed by atoms with Gasteiger partial charge in [0.1, 0.15) is 13.2 Å². The highest BCUT2D eigenvalue weighted by Gasteiger charge is 2.18. The van der Waals surface area contributed by atoms with Crippen LogP contribution in [-0.4, -0.2) is 43.2 Å². The summed E-state index contributed by atoms with van der Waals surface area (Å²) >= 11 is 0. The molecular formula is C16H21N3O2. The number of nitrogens with one attached hydrogen (secondary N) is 1. The minimum Gasteiger partial charge on any atom is -0.368 e. The van der Waals surface area contributed by atoms with Crippen LogP contribution < -0.4 is 5.32 Å². The minimum atomic E-state index is -0.126. The van der Waals surface area contributed by atoms with E-state index in [0.29, 0.717) is 6.54 Å². The van der Waals surface area contributed by atoms with Crippen molar-refractivity contribution in [2.75, 3.05) is 26.2 Å². The SMILES string of the molecule is N#CCN(Cc1ccccc1)C(=O)COC1CCNCC1. The van der Waals surface area contributed by atoms with Gasteiger partial charge in [-0.2, -0.15) is 5.26 Å². The van der Waals surface area contributed by atoms with E-state index in [0.717, 1.165) is 31.5 Å². The molecule has 0 spiro atoms. The molecule has 0 bridgehead atoms. The zero-order chi connectivity index (χ0) is 14.9. The molecular weight excluding hydrogens is 266 g/mol. The first-order valence-electron chi connectivity index (χ1n) is 7.30. The Bertz CT molecular complexity index is 478. The van der Waals surface area contributed by atoms with Crippen LogP contribution in [0.4, 0.5) is 0 Å². The lowest BCUT2D eigenvalue weighted by Crippen LogP contribution is -2.38. The molecule has 0 unspecified atom stereocenters. The molecule has 0 atom stereocenters. The number of hydrogen-bond acceptors (Lipinski definition) is 4. The van der Waals surface area contributed by atoms with E-state index in [1.54, 1.807) is 0 Å². The first-order valence-corrected chi connectivity index (χ1v) is 7.30. The van der Waals surface area contributed by atoms with E-state index in [9.17, 15) is 4.79 Å². The Kier molecular flexibility index (Phi) is 6.20. The molecule has 2 rings (SSSR count). The minimum absolute atomic E-state index is 0.0547. The quantitative estimate of drug-likeness (QED) is 0.801. The average molecular weight is 287 g/mol. The normalized spacial score (nSPS) is 15.4. The fraction of sp³-hybridized carbons (Fsp3) is 0.500. The van der Waals surface area contributed by atoms with Crippen molar-refractivity contribution >= 4 is 5.91 Å². The fourth-order valence-electron chi connectivity index (χ4n) is 2.36. The predicted octanol–water partition coefficient (Wildman–Crippen LogP) is 1.31.